The number of unbranched alkanes of at least 4 members (excludes halogenated alkanes) is 39. The number of nitrogens with zero attached hydrogens (tertiary/aromatic N) is 1. The smallest absolute Gasteiger partial charge is 0.268 e. The Morgan fingerprint density at radius 3 is 1.18 bits per heavy atom. The van der Waals surface area contributed by atoms with Gasteiger partial charge in [-0.15, -0.1) is 0 Å². The summed E-state index contributed by atoms with van der Waals surface area (Å²) in [7, 11) is 1.31. The lowest BCUT2D eigenvalue weighted by Gasteiger charge is -2.30. The van der Waals surface area contributed by atoms with Gasteiger partial charge in [0.15, 0.2) is 0 Å². The Balaban J connectivity index is 4.03. The highest BCUT2D eigenvalue weighted by molar-refractivity contribution is 7.45. The van der Waals surface area contributed by atoms with Crippen molar-refractivity contribution >= 4 is 13.7 Å². The first-order valence-electron chi connectivity index (χ1n) is 29.0. The van der Waals surface area contributed by atoms with E-state index in [-0.39, 0.29) is 19.1 Å². The lowest BCUT2D eigenvalue weighted by molar-refractivity contribution is -0.870. The first-order valence-corrected chi connectivity index (χ1v) is 30.5. The van der Waals surface area contributed by atoms with Crippen molar-refractivity contribution in [2.45, 2.75) is 309 Å². The zero-order valence-corrected chi connectivity index (χ0v) is 45.8. The molecule has 3 unspecified atom stereocenters. The molecule has 8 nitrogen and oxygen atoms in total. The quantitative estimate of drug-likeness (QED) is 0.0272. The number of nitrogens with one attached hydrogen (secondary N) is 1. The van der Waals surface area contributed by atoms with Gasteiger partial charge in [0, 0.05) is 6.42 Å². The molecule has 9 heteroatoms. The summed E-state index contributed by atoms with van der Waals surface area (Å²) < 4.78 is 23.4. The van der Waals surface area contributed by atoms with E-state index in [9.17, 15) is 19.4 Å². The summed E-state index contributed by atoms with van der Waals surface area (Å²) in [5, 5.41) is 14.0. The fraction of sp³-hybridized carbons (Fsp3) is 0.947. The fourth-order valence-corrected chi connectivity index (χ4v) is 9.64. The summed E-state index contributed by atoms with van der Waals surface area (Å²) in [6.07, 6.45) is 59.7. The van der Waals surface area contributed by atoms with E-state index in [0.29, 0.717) is 23.9 Å². The van der Waals surface area contributed by atoms with Crippen LogP contribution in [0.4, 0.5) is 0 Å². The van der Waals surface area contributed by atoms with Crippen LogP contribution in [-0.4, -0.2) is 68.5 Å². The third kappa shape index (κ3) is 51.1. The molecule has 2 N–H and O–H groups in total. The van der Waals surface area contributed by atoms with Crippen LogP contribution in [-0.2, 0) is 18.4 Å². The van der Waals surface area contributed by atoms with Crippen molar-refractivity contribution < 1.29 is 32.9 Å². The number of phosphoric acid groups is 1. The van der Waals surface area contributed by atoms with E-state index in [1.54, 1.807) is 0 Å². The Kier molecular flexibility index (Phi) is 48.7. The topological polar surface area (TPSA) is 108 Å². The molecule has 66 heavy (non-hydrogen) atoms. The summed E-state index contributed by atoms with van der Waals surface area (Å²) in [6, 6.07) is -0.802. The number of hydrogen-bond acceptors (Lipinski definition) is 6. The second-order valence-electron chi connectivity index (χ2n) is 21.4. The number of phosphoric ester groups is 1. The highest BCUT2D eigenvalue weighted by atomic mass is 31.2. The maximum Gasteiger partial charge on any atom is 0.268 e. The van der Waals surface area contributed by atoms with Gasteiger partial charge in [0.25, 0.3) is 7.82 Å². The van der Waals surface area contributed by atoms with Crippen LogP contribution in [0.3, 0.4) is 0 Å². The second kappa shape index (κ2) is 49.2. The predicted molar refractivity (Wildman–Crippen MR) is 284 cm³/mol. The maximum atomic E-state index is 12.9. The average Bonchev–Trinajstić information content (AvgIpc) is 3.28. The van der Waals surface area contributed by atoms with Crippen LogP contribution in [0.15, 0.2) is 12.2 Å². The summed E-state index contributed by atoms with van der Waals surface area (Å²) in [5.74, 6) is -0.169. The number of aliphatic hydroxyl groups is 1. The summed E-state index contributed by atoms with van der Waals surface area (Å²) >= 11 is 0. The van der Waals surface area contributed by atoms with E-state index in [1.165, 1.54) is 218 Å². The number of carbonyl (C=O) groups excluding carboxylic acids is 1. The lowest BCUT2D eigenvalue weighted by Crippen LogP contribution is -2.46. The highest BCUT2D eigenvalue weighted by Gasteiger charge is 2.24. The van der Waals surface area contributed by atoms with Gasteiger partial charge in [-0.05, 0) is 38.5 Å². The molecule has 0 saturated heterocycles. The first-order chi connectivity index (χ1) is 32.0. The third-order valence-electron chi connectivity index (χ3n) is 13.5. The van der Waals surface area contributed by atoms with Crippen LogP contribution in [0.25, 0.3) is 0 Å². The van der Waals surface area contributed by atoms with E-state index in [2.05, 4.69) is 31.3 Å². The van der Waals surface area contributed by atoms with Crippen LogP contribution >= 0.6 is 7.82 Å². The van der Waals surface area contributed by atoms with Gasteiger partial charge in [-0.1, -0.05) is 264 Å². The molecular weight excluding hydrogens is 840 g/mol. The van der Waals surface area contributed by atoms with Crippen molar-refractivity contribution in [2.24, 2.45) is 0 Å². The molecule has 0 rings (SSSR count). The van der Waals surface area contributed by atoms with E-state index in [0.717, 1.165) is 51.4 Å². The van der Waals surface area contributed by atoms with Crippen LogP contribution in [0.5, 0.6) is 0 Å². The molecule has 0 aliphatic rings. The van der Waals surface area contributed by atoms with Gasteiger partial charge in [-0.25, -0.2) is 0 Å². The molecule has 0 aromatic carbocycles. The van der Waals surface area contributed by atoms with Gasteiger partial charge < -0.3 is 28.8 Å². The van der Waals surface area contributed by atoms with Crippen molar-refractivity contribution in [3.63, 3.8) is 0 Å². The van der Waals surface area contributed by atoms with Crippen molar-refractivity contribution in [3.8, 4) is 0 Å². The van der Waals surface area contributed by atoms with Gasteiger partial charge in [-0.3, -0.25) is 9.36 Å². The molecule has 0 bridgehead atoms. The molecular formula is C57H115N2O6P. The van der Waals surface area contributed by atoms with E-state index in [4.69, 9.17) is 9.05 Å². The zero-order chi connectivity index (χ0) is 48.5. The molecule has 0 aromatic rings. The van der Waals surface area contributed by atoms with E-state index < -0.39 is 20.0 Å². The van der Waals surface area contributed by atoms with Gasteiger partial charge in [0.1, 0.15) is 13.2 Å². The Morgan fingerprint density at radius 2 is 0.833 bits per heavy atom. The number of likely N-dealkylation sites (N-methyl/N-ethyl adjacent to an activating group) is 1. The summed E-state index contributed by atoms with van der Waals surface area (Å²) in [5.41, 5.74) is 0. The Morgan fingerprint density at radius 1 is 0.515 bits per heavy atom. The third-order valence-corrected chi connectivity index (χ3v) is 14.5. The number of amides is 1. The minimum atomic E-state index is -4.57. The zero-order valence-electron chi connectivity index (χ0n) is 44.9. The largest absolute Gasteiger partial charge is 0.756 e. The van der Waals surface area contributed by atoms with Crippen LogP contribution < -0.4 is 10.2 Å². The van der Waals surface area contributed by atoms with Gasteiger partial charge in [0.05, 0.1) is 39.9 Å². The monoisotopic (exact) mass is 955 g/mol. The van der Waals surface area contributed by atoms with Crippen molar-refractivity contribution in [2.75, 3.05) is 40.9 Å². The Bertz CT molecular complexity index is 1080. The molecule has 0 aliphatic carbocycles. The van der Waals surface area contributed by atoms with Crippen LogP contribution in [0.2, 0.25) is 0 Å². The second-order valence-corrected chi connectivity index (χ2v) is 22.8. The number of quaternary nitrogens is 1. The maximum absolute atomic E-state index is 12.9. The SMILES string of the molecule is CCCCCCC/C=C\CCCCCCCC(=O)NC(COP(=O)([O-])OCC[N+](C)(C)C)C(O)CCCCCCCCCCCCCCCCCCCCCCCCCCCCCCCC. The van der Waals surface area contributed by atoms with Crippen LogP contribution in [0, 0.1) is 0 Å². The predicted octanol–water partition coefficient (Wildman–Crippen LogP) is 16.8. The standard InChI is InChI=1S/C57H115N2O6P/c1-6-8-10-12-14-16-18-20-22-23-24-25-26-27-28-29-30-31-32-33-34-35-36-37-38-40-42-44-46-48-50-56(60)55(54-65-66(62,63)64-53-52-59(3,4)5)58-57(61)51-49-47-45-43-41-39-21-19-17-15-13-11-9-7-2/h19,21,55-56,60H,6-18,20,22-54H2,1-5H3,(H-,58,61,62,63)/b21-19-. The fourth-order valence-electron chi connectivity index (χ4n) is 8.92. The molecule has 1 amide bonds. The normalized spacial score (nSPS) is 14.0. The van der Waals surface area contributed by atoms with Crippen molar-refractivity contribution in [1.29, 1.82) is 0 Å². The Hall–Kier alpha value is -0.760. The molecule has 0 saturated carbocycles. The molecule has 0 radical (unpaired) electrons. The summed E-state index contributed by atoms with van der Waals surface area (Å²) in [4.78, 5) is 25.5. The van der Waals surface area contributed by atoms with Gasteiger partial charge in [0.2, 0.25) is 5.91 Å². The summed E-state index contributed by atoms with van der Waals surface area (Å²) in [6.45, 7) is 4.74. The van der Waals surface area contributed by atoms with Crippen molar-refractivity contribution in [1.82, 2.24) is 5.32 Å². The molecule has 394 valence electrons. The highest BCUT2D eigenvalue weighted by Crippen LogP contribution is 2.38. The molecule has 0 fully saturated rings. The Labute approximate surface area is 412 Å². The number of allylic oxidation sites excluding steroid dienone is 2. The minimum absolute atomic E-state index is 0.0128. The average molecular weight is 956 g/mol. The number of rotatable bonds is 54. The molecule has 0 aliphatic heterocycles. The molecule has 0 heterocycles. The van der Waals surface area contributed by atoms with Crippen LogP contribution in [0.1, 0.15) is 296 Å². The van der Waals surface area contributed by atoms with Gasteiger partial charge in [-0.2, -0.15) is 0 Å². The minimum Gasteiger partial charge on any atom is -0.756 e. The molecule has 3 atom stereocenters. The number of aliphatic hydroxyl groups excluding tert-OH is 1. The molecule has 0 spiro atoms. The van der Waals surface area contributed by atoms with Crippen molar-refractivity contribution in [3.05, 3.63) is 12.2 Å². The molecule has 0 aromatic heterocycles. The number of carbonyl (C=O) groups is 1. The van der Waals surface area contributed by atoms with E-state index in [1.807, 2.05) is 21.1 Å². The van der Waals surface area contributed by atoms with Gasteiger partial charge >= 0.3 is 0 Å². The lowest BCUT2D eigenvalue weighted by atomic mass is 10.0. The first kappa shape index (κ1) is 65.2. The number of hydrogen-bond donors (Lipinski definition) is 2. The van der Waals surface area contributed by atoms with E-state index >= 15 is 0 Å².